The highest BCUT2D eigenvalue weighted by Gasteiger charge is 2.39. The average Bonchev–Trinajstić information content (AvgIpc) is 3.29. The van der Waals surface area contributed by atoms with Crippen molar-refractivity contribution in [1.29, 1.82) is 0 Å². The number of hydrogen-bond donors (Lipinski definition) is 6. The first-order valence-corrected chi connectivity index (χ1v) is 24.0. The lowest BCUT2D eigenvalue weighted by molar-refractivity contribution is -0.967. The minimum Gasteiger partial charge on any atom is -0.469 e. The second-order valence-corrected chi connectivity index (χ2v) is 18.7. The van der Waals surface area contributed by atoms with Crippen molar-refractivity contribution >= 4 is 35.6 Å². The van der Waals surface area contributed by atoms with E-state index < -0.39 is 41.6 Å². The van der Waals surface area contributed by atoms with Crippen molar-refractivity contribution in [2.75, 3.05) is 120 Å². The molecule has 0 saturated carbocycles. The highest BCUT2D eigenvalue weighted by molar-refractivity contribution is 5.81. The first-order valence-electron chi connectivity index (χ1n) is 24.0. The van der Waals surface area contributed by atoms with E-state index in [4.69, 9.17) is 14.2 Å². The van der Waals surface area contributed by atoms with Crippen LogP contribution in [-0.2, 0) is 57.2 Å². The number of methoxy groups -OCH3 is 3. The SMILES string of the molecule is CCC(COCC(O)C[N+]1(NC(=O)CCC(=O)OC)CCCCC1)(COCC(O)C[N+]1(NC(=O)CCC(=O)OC)CCCCC1)COCC(O)C[N+]1(NC(=O)CCC(=O)OC)CCCCC1. The predicted molar refractivity (Wildman–Crippen MR) is 238 cm³/mol. The lowest BCUT2D eigenvalue weighted by Gasteiger charge is -2.42. The maximum absolute atomic E-state index is 12.9. The van der Waals surface area contributed by atoms with Crippen LogP contribution in [0.5, 0.6) is 0 Å². The largest absolute Gasteiger partial charge is 0.469 e. The molecule has 3 aliphatic heterocycles. The quantitative estimate of drug-likeness (QED) is 0.0314. The Morgan fingerprint density at radius 1 is 0.455 bits per heavy atom. The Kier molecular flexibility index (Phi) is 25.3. The smallest absolute Gasteiger partial charge is 0.306 e. The van der Waals surface area contributed by atoms with Gasteiger partial charge in [-0.15, -0.1) is 0 Å². The molecule has 0 bridgehead atoms. The summed E-state index contributed by atoms with van der Waals surface area (Å²) in [6.45, 7) is 6.40. The van der Waals surface area contributed by atoms with Crippen LogP contribution in [0.3, 0.4) is 0 Å². The van der Waals surface area contributed by atoms with Crippen LogP contribution in [0.2, 0.25) is 0 Å². The Morgan fingerprint density at radius 3 is 0.939 bits per heavy atom. The molecule has 3 amide bonds. The number of aliphatic hydroxyl groups is 3. The monoisotopic (exact) mass is 948 g/mol. The Labute approximate surface area is 390 Å². The van der Waals surface area contributed by atoms with Crippen LogP contribution in [0, 0.1) is 5.41 Å². The Bertz CT molecular complexity index is 1330. The summed E-state index contributed by atoms with van der Waals surface area (Å²) < 4.78 is 33.2. The average molecular weight is 948 g/mol. The zero-order chi connectivity index (χ0) is 48.5. The molecule has 3 unspecified atom stereocenters. The molecule has 380 valence electrons. The number of nitrogens with one attached hydrogen (secondary N) is 3. The molecule has 0 aromatic heterocycles. The molecule has 3 heterocycles. The van der Waals surface area contributed by atoms with Gasteiger partial charge in [0.2, 0.25) is 0 Å². The van der Waals surface area contributed by atoms with Gasteiger partial charge in [-0.25, -0.2) is 30.1 Å². The number of nitrogens with zero attached hydrogens (tertiary/aromatic N) is 3. The second kappa shape index (κ2) is 29.4. The van der Waals surface area contributed by atoms with Crippen LogP contribution >= 0.6 is 0 Å². The van der Waals surface area contributed by atoms with Crippen molar-refractivity contribution < 1.29 is 86.3 Å². The third-order valence-electron chi connectivity index (χ3n) is 13.0. The van der Waals surface area contributed by atoms with Crippen LogP contribution < -0.4 is 16.3 Å². The number of amides is 3. The van der Waals surface area contributed by atoms with Crippen LogP contribution in [0.4, 0.5) is 0 Å². The Hall–Kier alpha value is -3.54. The maximum Gasteiger partial charge on any atom is 0.306 e. The highest BCUT2D eigenvalue weighted by Crippen LogP contribution is 2.26. The van der Waals surface area contributed by atoms with E-state index in [9.17, 15) is 44.1 Å². The summed E-state index contributed by atoms with van der Waals surface area (Å²) in [4.78, 5) is 73.7. The summed E-state index contributed by atoms with van der Waals surface area (Å²) >= 11 is 0. The van der Waals surface area contributed by atoms with Crippen molar-refractivity contribution in [3.63, 3.8) is 0 Å². The van der Waals surface area contributed by atoms with E-state index in [1.54, 1.807) is 0 Å². The zero-order valence-corrected chi connectivity index (χ0v) is 40.2. The van der Waals surface area contributed by atoms with E-state index in [-0.39, 0.29) is 129 Å². The first kappa shape index (κ1) is 56.8. The van der Waals surface area contributed by atoms with E-state index in [1.165, 1.54) is 21.3 Å². The molecule has 3 rings (SSSR count). The minimum atomic E-state index is -0.955. The van der Waals surface area contributed by atoms with Gasteiger partial charge < -0.3 is 43.7 Å². The summed E-state index contributed by atoms with van der Waals surface area (Å²) in [5.74, 6) is -2.34. The molecule has 3 atom stereocenters. The minimum absolute atomic E-state index is 0.0287. The van der Waals surface area contributed by atoms with E-state index in [1.807, 2.05) is 6.92 Å². The van der Waals surface area contributed by atoms with Crippen LogP contribution in [0.1, 0.15) is 110 Å². The molecule has 0 aromatic rings. The third kappa shape index (κ3) is 20.8. The van der Waals surface area contributed by atoms with Crippen molar-refractivity contribution in [1.82, 2.24) is 16.3 Å². The van der Waals surface area contributed by atoms with E-state index in [2.05, 4.69) is 30.5 Å². The Balaban J connectivity index is 1.69. The number of ether oxygens (including phenoxy) is 6. The number of piperidine rings is 3. The number of carbonyl (C=O) groups excluding carboxylic acids is 6. The number of quaternary nitrogens is 3. The van der Waals surface area contributed by atoms with Gasteiger partial charge in [-0.05, 0) is 64.2 Å². The van der Waals surface area contributed by atoms with Gasteiger partial charge in [-0.1, -0.05) is 6.92 Å². The van der Waals surface area contributed by atoms with E-state index in [0.717, 1.165) is 57.8 Å². The van der Waals surface area contributed by atoms with Gasteiger partial charge in [0.05, 0.1) is 80.2 Å². The fraction of sp³-hybridized carbons (Fsp3) is 0.867. The van der Waals surface area contributed by atoms with Crippen LogP contribution in [0.25, 0.3) is 0 Å². The van der Waals surface area contributed by atoms with Gasteiger partial charge in [0.1, 0.15) is 77.2 Å². The summed E-state index contributed by atoms with van der Waals surface area (Å²) in [5, 5.41) is 34.0. The molecule has 6 N–H and O–H groups in total. The number of rotatable bonds is 31. The molecular weight excluding hydrogens is 865 g/mol. The van der Waals surface area contributed by atoms with Gasteiger partial charge in [-0.2, -0.15) is 0 Å². The lowest BCUT2D eigenvalue weighted by atomic mass is 9.88. The molecule has 0 radical (unpaired) electrons. The number of aliphatic hydroxyl groups excluding tert-OH is 3. The molecule has 0 aromatic carbocycles. The maximum atomic E-state index is 12.9. The molecule has 0 spiro atoms. The number of esters is 3. The fourth-order valence-electron chi connectivity index (χ4n) is 9.32. The van der Waals surface area contributed by atoms with Crippen molar-refractivity contribution in [2.24, 2.45) is 5.41 Å². The number of carbonyl (C=O) groups is 6. The van der Waals surface area contributed by atoms with Gasteiger partial charge in [0.25, 0.3) is 17.7 Å². The molecular formula is C45H83N6O15+3. The Morgan fingerprint density at radius 2 is 0.712 bits per heavy atom. The number of likely N-dealkylation sites (tertiary alicyclic amines) is 3. The normalized spacial score (nSPS) is 20.0. The predicted octanol–water partition coefficient (Wildman–Crippen LogP) is 0.471. The standard InChI is InChI=1S/C45H80N6O15/c1-5-45(33-64-30-36(52)27-49(21-9-6-10-22-49)46-39(55)15-18-42(58)61-2,34-65-31-37(53)28-50(23-11-7-12-24-50)47-40(56)16-19-43(59)62-3)35-66-32-38(54)29-51(25-13-8-14-26-51)48-41(57)17-20-44(60)63-4/h36-38,52-54H,5-35H2,1-4H3/p+3. The van der Waals surface area contributed by atoms with E-state index >= 15 is 0 Å². The molecule has 3 aliphatic rings. The molecule has 3 saturated heterocycles. The van der Waals surface area contributed by atoms with Gasteiger partial charge in [0, 0.05) is 24.7 Å². The molecule has 21 heteroatoms. The van der Waals surface area contributed by atoms with Gasteiger partial charge in [-0.3, -0.25) is 28.8 Å². The summed E-state index contributed by atoms with van der Waals surface area (Å²) in [7, 11) is 3.82. The molecule has 0 aliphatic carbocycles. The summed E-state index contributed by atoms with van der Waals surface area (Å²) in [6.07, 6.45) is 5.59. The first-order chi connectivity index (χ1) is 31.5. The highest BCUT2D eigenvalue weighted by atomic mass is 16.5. The summed E-state index contributed by atoms with van der Waals surface area (Å²) in [6, 6.07) is 0. The fourth-order valence-corrected chi connectivity index (χ4v) is 9.32. The van der Waals surface area contributed by atoms with Crippen molar-refractivity contribution in [3.05, 3.63) is 0 Å². The molecule has 3 fully saturated rings. The van der Waals surface area contributed by atoms with E-state index in [0.29, 0.717) is 45.7 Å². The zero-order valence-electron chi connectivity index (χ0n) is 40.2. The third-order valence-corrected chi connectivity index (χ3v) is 13.0. The number of hydrogen-bond acceptors (Lipinski definition) is 15. The second-order valence-electron chi connectivity index (χ2n) is 18.7. The van der Waals surface area contributed by atoms with Gasteiger partial charge in [0.15, 0.2) is 0 Å². The van der Waals surface area contributed by atoms with Crippen LogP contribution in [-0.4, -0.2) is 203 Å². The van der Waals surface area contributed by atoms with Crippen molar-refractivity contribution in [3.8, 4) is 0 Å². The molecule has 66 heavy (non-hydrogen) atoms. The van der Waals surface area contributed by atoms with Gasteiger partial charge >= 0.3 is 17.9 Å². The molecule has 21 nitrogen and oxygen atoms in total. The van der Waals surface area contributed by atoms with Crippen molar-refractivity contribution in [2.45, 2.75) is 128 Å². The topological polar surface area (TPSA) is 255 Å². The lowest BCUT2D eigenvalue weighted by Crippen LogP contribution is -2.65. The summed E-state index contributed by atoms with van der Waals surface area (Å²) in [5.41, 5.74) is 8.35. The van der Waals surface area contributed by atoms with Crippen LogP contribution in [0.15, 0.2) is 0 Å².